The lowest BCUT2D eigenvalue weighted by atomic mass is 10.1. The number of aromatic nitrogens is 1. The molecular formula is C17H14NO2+. The number of phenolic OH excluding ortho intramolecular Hbond substituents is 1. The summed E-state index contributed by atoms with van der Waals surface area (Å²) in [5.74, 6) is -0.0812. The molecule has 0 bridgehead atoms. The fourth-order valence-corrected chi connectivity index (χ4v) is 2.24. The first kappa shape index (κ1) is 12.4. The van der Waals surface area contributed by atoms with E-state index in [1.54, 1.807) is 18.2 Å². The van der Waals surface area contributed by atoms with Crippen molar-refractivity contribution in [2.24, 2.45) is 0 Å². The maximum atomic E-state index is 12.2. The molecule has 0 aliphatic heterocycles. The smallest absolute Gasteiger partial charge is 0.231 e. The van der Waals surface area contributed by atoms with Crippen molar-refractivity contribution in [2.75, 3.05) is 0 Å². The van der Waals surface area contributed by atoms with Crippen molar-refractivity contribution in [3.63, 3.8) is 0 Å². The van der Waals surface area contributed by atoms with Gasteiger partial charge in [0.2, 0.25) is 12.3 Å². The van der Waals surface area contributed by atoms with Crippen molar-refractivity contribution in [3.8, 4) is 5.75 Å². The third-order valence-corrected chi connectivity index (χ3v) is 3.28. The van der Waals surface area contributed by atoms with Crippen LogP contribution >= 0.6 is 0 Å². The Morgan fingerprint density at radius 1 is 0.950 bits per heavy atom. The van der Waals surface area contributed by atoms with Crippen LogP contribution in [0.1, 0.15) is 10.4 Å². The molecule has 0 aliphatic rings. The van der Waals surface area contributed by atoms with E-state index in [4.69, 9.17) is 0 Å². The molecule has 0 unspecified atom stereocenters. The van der Waals surface area contributed by atoms with Gasteiger partial charge >= 0.3 is 0 Å². The van der Waals surface area contributed by atoms with Crippen LogP contribution < -0.4 is 4.57 Å². The highest BCUT2D eigenvalue weighted by Crippen LogP contribution is 2.16. The largest absolute Gasteiger partial charge is 0.507 e. The molecule has 98 valence electrons. The van der Waals surface area contributed by atoms with E-state index in [2.05, 4.69) is 0 Å². The number of benzene rings is 2. The number of carbonyl (C=O) groups is 1. The molecule has 3 nitrogen and oxygen atoms in total. The zero-order valence-corrected chi connectivity index (χ0v) is 10.9. The van der Waals surface area contributed by atoms with Gasteiger partial charge < -0.3 is 5.11 Å². The van der Waals surface area contributed by atoms with E-state index < -0.39 is 0 Å². The number of pyridine rings is 1. The van der Waals surface area contributed by atoms with Gasteiger partial charge in [0, 0.05) is 11.5 Å². The first-order chi connectivity index (χ1) is 9.74. The van der Waals surface area contributed by atoms with E-state index in [1.165, 1.54) is 6.07 Å². The van der Waals surface area contributed by atoms with Crippen LogP contribution in [0.3, 0.4) is 0 Å². The molecule has 3 rings (SSSR count). The molecule has 3 heteroatoms. The molecule has 0 amide bonds. The Morgan fingerprint density at radius 2 is 1.65 bits per heavy atom. The number of ketones is 1. The van der Waals surface area contributed by atoms with Crippen LogP contribution in [0, 0.1) is 0 Å². The van der Waals surface area contributed by atoms with E-state index in [9.17, 15) is 9.90 Å². The Morgan fingerprint density at radius 3 is 2.45 bits per heavy atom. The summed E-state index contributed by atoms with van der Waals surface area (Å²) in [5, 5.41) is 11.9. The second-order valence-electron chi connectivity index (χ2n) is 4.69. The monoisotopic (exact) mass is 264 g/mol. The molecule has 0 saturated heterocycles. The van der Waals surface area contributed by atoms with Crippen molar-refractivity contribution in [1.82, 2.24) is 0 Å². The zero-order chi connectivity index (χ0) is 13.9. The van der Waals surface area contributed by atoms with Gasteiger partial charge in [-0.05, 0) is 23.6 Å². The summed E-state index contributed by atoms with van der Waals surface area (Å²) in [7, 11) is 0. The average Bonchev–Trinajstić information content (AvgIpc) is 2.47. The van der Waals surface area contributed by atoms with Gasteiger partial charge in [-0.25, -0.2) is 0 Å². The number of hydrogen-bond donors (Lipinski definition) is 1. The van der Waals surface area contributed by atoms with E-state index in [0.29, 0.717) is 5.56 Å². The van der Waals surface area contributed by atoms with E-state index in [1.807, 2.05) is 47.3 Å². The van der Waals surface area contributed by atoms with E-state index >= 15 is 0 Å². The summed E-state index contributed by atoms with van der Waals surface area (Å²) >= 11 is 0. The fraction of sp³-hybridized carbons (Fsp3) is 0.0588. The van der Waals surface area contributed by atoms with Crippen LogP contribution in [0.15, 0.2) is 67.0 Å². The lowest BCUT2D eigenvalue weighted by Crippen LogP contribution is -2.37. The molecule has 1 N–H and O–H groups in total. The minimum Gasteiger partial charge on any atom is -0.507 e. The van der Waals surface area contributed by atoms with Gasteiger partial charge in [0.1, 0.15) is 5.75 Å². The highest BCUT2D eigenvalue weighted by molar-refractivity contribution is 5.97. The fourth-order valence-electron chi connectivity index (χ4n) is 2.24. The SMILES string of the molecule is O=C(C[n+]1ccc2ccccc2c1)c1ccccc1O. The third kappa shape index (κ3) is 2.38. The zero-order valence-electron chi connectivity index (χ0n) is 10.9. The van der Waals surface area contributed by atoms with Crippen molar-refractivity contribution in [1.29, 1.82) is 0 Å². The quantitative estimate of drug-likeness (QED) is 0.583. The first-order valence-electron chi connectivity index (χ1n) is 6.43. The van der Waals surface area contributed by atoms with Gasteiger partial charge in [0.25, 0.3) is 0 Å². The predicted octanol–water partition coefficient (Wildman–Crippen LogP) is 2.72. The van der Waals surface area contributed by atoms with Gasteiger partial charge in [-0.15, -0.1) is 0 Å². The lowest BCUT2D eigenvalue weighted by Gasteiger charge is -2.02. The number of fused-ring (bicyclic) bond motifs is 1. The molecule has 0 aliphatic carbocycles. The topological polar surface area (TPSA) is 41.2 Å². The summed E-state index contributed by atoms with van der Waals surface area (Å²) in [6.45, 7) is 0.211. The number of phenols is 1. The summed E-state index contributed by atoms with van der Waals surface area (Å²) < 4.78 is 1.83. The van der Waals surface area contributed by atoms with Crippen molar-refractivity contribution >= 4 is 16.6 Å². The second-order valence-corrected chi connectivity index (χ2v) is 4.69. The van der Waals surface area contributed by atoms with Crippen LogP contribution in [-0.4, -0.2) is 10.9 Å². The Labute approximate surface area is 116 Å². The first-order valence-corrected chi connectivity index (χ1v) is 6.43. The summed E-state index contributed by atoms with van der Waals surface area (Å²) in [4.78, 5) is 12.2. The summed E-state index contributed by atoms with van der Waals surface area (Å²) in [6.07, 6.45) is 3.81. The minimum absolute atomic E-state index is 0.0267. The molecule has 0 radical (unpaired) electrons. The van der Waals surface area contributed by atoms with Crippen LogP contribution in [0.25, 0.3) is 10.8 Å². The van der Waals surface area contributed by atoms with Crippen molar-refractivity contribution < 1.29 is 14.5 Å². The number of para-hydroxylation sites is 1. The third-order valence-electron chi connectivity index (χ3n) is 3.28. The van der Waals surface area contributed by atoms with Crippen LogP contribution in [0.5, 0.6) is 5.75 Å². The Hall–Kier alpha value is -2.68. The van der Waals surface area contributed by atoms with Crippen LogP contribution in [-0.2, 0) is 6.54 Å². The lowest BCUT2D eigenvalue weighted by molar-refractivity contribution is -0.681. The van der Waals surface area contributed by atoms with Crippen molar-refractivity contribution in [2.45, 2.75) is 6.54 Å². The molecule has 20 heavy (non-hydrogen) atoms. The number of carbonyl (C=O) groups excluding carboxylic acids is 1. The summed E-state index contributed by atoms with van der Waals surface area (Å²) in [5.41, 5.74) is 0.355. The second kappa shape index (κ2) is 5.13. The molecule has 0 spiro atoms. The maximum Gasteiger partial charge on any atom is 0.231 e. The molecule has 1 heterocycles. The van der Waals surface area contributed by atoms with E-state index in [0.717, 1.165) is 10.8 Å². The van der Waals surface area contributed by atoms with E-state index in [-0.39, 0.29) is 18.1 Å². The molecule has 2 aromatic carbocycles. The highest BCUT2D eigenvalue weighted by atomic mass is 16.3. The van der Waals surface area contributed by atoms with Gasteiger partial charge in [-0.1, -0.05) is 30.3 Å². The van der Waals surface area contributed by atoms with Gasteiger partial charge in [0.05, 0.1) is 5.56 Å². The Bertz CT molecular complexity index is 781. The number of hydrogen-bond acceptors (Lipinski definition) is 2. The van der Waals surface area contributed by atoms with Gasteiger partial charge in [-0.3, -0.25) is 4.79 Å². The summed E-state index contributed by atoms with van der Waals surface area (Å²) in [6, 6.07) is 16.6. The standard InChI is InChI=1S/C17H13NO2/c19-16-8-4-3-7-15(16)17(20)12-18-10-9-13-5-1-2-6-14(13)11-18/h1-11H,12H2/p+1. The van der Waals surface area contributed by atoms with Gasteiger partial charge in [-0.2, -0.15) is 4.57 Å². The van der Waals surface area contributed by atoms with Gasteiger partial charge in [0.15, 0.2) is 12.4 Å². The molecule has 1 aromatic heterocycles. The average molecular weight is 264 g/mol. The number of Topliss-reactive ketones (excluding diaryl/α,β-unsaturated/α-hetero) is 1. The van der Waals surface area contributed by atoms with Crippen LogP contribution in [0.4, 0.5) is 0 Å². The maximum absolute atomic E-state index is 12.2. The number of rotatable bonds is 3. The Kier molecular flexibility index (Phi) is 3.17. The van der Waals surface area contributed by atoms with Crippen LogP contribution in [0.2, 0.25) is 0 Å². The number of nitrogens with zero attached hydrogens (tertiary/aromatic N) is 1. The van der Waals surface area contributed by atoms with Crippen molar-refractivity contribution in [3.05, 3.63) is 72.6 Å². The molecule has 0 saturated carbocycles. The number of aromatic hydroxyl groups is 1. The highest BCUT2D eigenvalue weighted by Gasteiger charge is 2.15. The Balaban J connectivity index is 1.89. The molecule has 0 fully saturated rings. The predicted molar refractivity (Wildman–Crippen MR) is 76.6 cm³/mol. The normalized spacial score (nSPS) is 10.6. The molecular weight excluding hydrogens is 250 g/mol. The minimum atomic E-state index is -0.108. The molecule has 0 atom stereocenters. The molecule has 3 aromatic rings.